The Balaban J connectivity index is 3.60. The lowest BCUT2D eigenvalue weighted by molar-refractivity contribution is 0.185. The van der Waals surface area contributed by atoms with E-state index in [9.17, 15) is 0 Å². The highest BCUT2D eigenvalue weighted by Gasteiger charge is 2.26. The minimum Gasteiger partial charge on any atom is -0.330 e. The molecule has 0 aliphatic heterocycles. The van der Waals surface area contributed by atoms with Crippen molar-refractivity contribution in [1.82, 2.24) is 0 Å². The van der Waals surface area contributed by atoms with Gasteiger partial charge in [0.05, 0.1) is 0 Å². The van der Waals surface area contributed by atoms with Gasteiger partial charge in [0, 0.05) is 0 Å². The Bertz CT molecular complexity index is 219. The van der Waals surface area contributed by atoms with Crippen LogP contribution >= 0.6 is 0 Å². The maximum atomic E-state index is 5.53. The monoisotopic (exact) mass is 339 g/mol. The highest BCUT2D eigenvalue weighted by molar-refractivity contribution is 4.78. The van der Waals surface area contributed by atoms with Gasteiger partial charge in [-0.15, -0.1) is 0 Å². The van der Waals surface area contributed by atoms with Crippen molar-refractivity contribution in [3.63, 3.8) is 0 Å². The molecule has 0 bridgehead atoms. The van der Waals surface area contributed by atoms with Crippen LogP contribution in [0.15, 0.2) is 0 Å². The maximum absolute atomic E-state index is 5.53. The summed E-state index contributed by atoms with van der Waals surface area (Å²) in [6.07, 6.45) is 25.6. The third kappa shape index (κ3) is 13.3. The van der Waals surface area contributed by atoms with Crippen LogP contribution in [0.5, 0.6) is 0 Å². The van der Waals surface area contributed by atoms with Crippen LogP contribution in [0.25, 0.3) is 0 Å². The van der Waals surface area contributed by atoms with Gasteiger partial charge in [0.25, 0.3) is 0 Å². The number of hydrogen-bond donors (Lipinski definition) is 1. The quantitative estimate of drug-likeness (QED) is 0.237. The third-order valence-electron chi connectivity index (χ3n) is 5.75. The van der Waals surface area contributed by atoms with Gasteiger partial charge in [-0.1, -0.05) is 104 Å². The molecule has 0 heterocycles. The van der Waals surface area contributed by atoms with E-state index in [1.165, 1.54) is 116 Å². The first-order valence-electron chi connectivity index (χ1n) is 11.4. The van der Waals surface area contributed by atoms with Crippen molar-refractivity contribution in [2.24, 2.45) is 11.1 Å². The lowest BCUT2D eigenvalue weighted by atomic mass is 9.72. The van der Waals surface area contributed by atoms with Crippen molar-refractivity contribution >= 4 is 0 Å². The molecule has 1 heteroatoms. The summed E-state index contributed by atoms with van der Waals surface area (Å²) < 4.78 is 0. The summed E-state index contributed by atoms with van der Waals surface area (Å²) in [5.41, 5.74) is 6.21. The summed E-state index contributed by atoms with van der Waals surface area (Å²) in [6.45, 7) is 7.98. The van der Waals surface area contributed by atoms with Gasteiger partial charge >= 0.3 is 0 Å². The van der Waals surface area contributed by atoms with E-state index in [1.54, 1.807) is 0 Å². The SMILES string of the molecule is CCCC(CCC)(CCC)CCCCCCCCCCCCCN. The van der Waals surface area contributed by atoms with E-state index < -0.39 is 0 Å². The van der Waals surface area contributed by atoms with E-state index in [1.807, 2.05) is 0 Å². The minimum atomic E-state index is 0.682. The van der Waals surface area contributed by atoms with Crippen molar-refractivity contribution in [3.8, 4) is 0 Å². The summed E-state index contributed by atoms with van der Waals surface area (Å²) in [4.78, 5) is 0. The molecular formula is C23H49N. The Hall–Kier alpha value is -0.0400. The highest BCUT2D eigenvalue weighted by Crippen LogP contribution is 2.40. The molecule has 0 saturated heterocycles. The second kappa shape index (κ2) is 17.8. The summed E-state index contributed by atoms with van der Waals surface area (Å²) >= 11 is 0. The van der Waals surface area contributed by atoms with Crippen LogP contribution in [0.1, 0.15) is 136 Å². The summed E-state index contributed by atoms with van der Waals surface area (Å²) in [5, 5.41) is 0. The van der Waals surface area contributed by atoms with E-state index in [-0.39, 0.29) is 0 Å². The fraction of sp³-hybridized carbons (Fsp3) is 1.00. The molecule has 0 amide bonds. The van der Waals surface area contributed by atoms with Crippen LogP contribution in [-0.2, 0) is 0 Å². The molecule has 0 fully saturated rings. The summed E-state index contributed by atoms with van der Waals surface area (Å²) in [6, 6.07) is 0. The van der Waals surface area contributed by atoms with E-state index in [2.05, 4.69) is 20.8 Å². The van der Waals surface area contributed by atoms with E-state index in [0.717, 1.165) is 6.54 Å². The molecule has 0 aromatic rings. The fourth-order valence-corrected chi connectivity index (χ4v) is 4.58. The average molecular weight is 340 g/mol. The van der Waals surface area contributed by atoms with Crippen LogP contribution in [0.3, 0.4) is 0 Å². The van der Waals surface area contributed by atoms with Gasteiger partial charge in [-0.2, -0.15) is 0 Å². The van der Waals surface area contributed by atoms with Crippen LogP contribution in [0.2, 0.25) is 0 Å². The Kier molecular flexibility index (Phi) is 17.7. The zero-order valence-corrected chi connectivity index (χ0v) is 17.5. The number of unbranched alkanes of at least 4 members (excludes halogenated alkanes) is 10. The van der Waals surface area contributed by atoms with Crippen LogP contribution in [0.4, 0.5) is 0 Å². The molecule has 2 N–H and O–H groups in total. The molecule has 0 radical (unpaired) electrons. The first-order valence-corrected chi connectivity index (χ1v) is 11.4. The predicted octanol–water partition coefficient (Wildman–Crippen LogP) is 8.01. The number of nitrogens with two attached hydrogens (primary N) is 1. The van der Waals surface area contributed by atoms with Crippen molar-refractivity contribution in [3.05, 3.63) is 0 Å². The second-order valence-electron chi connectivity index (χ2n) is 8.18. The van der Waals surface area contributed by atoms with Gasteiger partial charge in [0.1, 0.15) is 0 Å². The van der Waals surface area contributed by atoms with E-state index >= 15 is 0 Å². The molecule has 0 spiro atoms. The topological polar surface area (TPSA) is 26.0 Å². The zero-order valence-electron chi connectivity index (χ0n) is 17.5. The van der Waals surface area contributed by atoms with Gasteiger partial charge in [0.2, 0.25) is 0 Å². The van der Waals surface area contributed by atoms with Crippen LogP contribution in [0, 0.1) is 5.41 Å². The molecule has 24 heavy (non-hydrogen) atoms. The van der Waals surface area contributed by atoms with Crippen LogP contribution in [-0.4, -0.2) is 6.54 Å². The zero-order chi connectivity index (χ0) is 17.9. The molecule has 0 aliphatic carbocycles. The standard InChI is InChI=1S/C23H49N/c1-4-18-23(19-5-2,20-6-3)21-16-14-12-10-8-7-9-11-13-15-17-22-24/h4-22,24H2,1-3H3. The largest absolute Gasteiger partial charge is 0.330 e. The molecule has 0 unspecified atom stereocenters. The van der Waals surface area contributed by atoms with Gasteiger partial charge in [-0.25, -0.2) is 0 Å². The summed E-state index contributed by atoms with van der Waals surface area (Å²) in [5.74, 6) is 0. The van der Waals surface area contributed by atoms with Gasteiger partial charge in [0.15, 0.2) is 0 Å². The van der Waals surface area contributed by atoms with E-state index in [4.69, 9.17) is 5.73 Å². The Labute approximate surface area is 154 Å². The maximum Gasteiger partial charge on any atom is -0.00773 e. The van der Waals surface area contributed by atoms with Crippen molar-refractivity contribution in [2.45, 2.75) is 136 Å². The van der Waals surface area contributed by atoms with Crippen LogP contribution < -0.4 is 5.73 Å². The predicted molar refractivity (Wildman–Crippen MR) is 112 cm³/mol. The van der Waals surface area contributed by atoms with Crippen molar-refractivity contribution < 1.29 is 0 Å². The van der Waals surface area contributed by atoms with Gasteiger partial charge in [-0.05, 0) is 44.1 Å². The normalized spacial score (nSPS) is 12.0. The van der Waals surface area contributed by atoms with Gasteiger partial charge < -0.3 is 5.73 Å². The third-order valence-corrected chi connectivity index (χ3v) is 5.75. The van der Waals surface area contributed by atoms with Gasteiger partial charge in [-0.3, -0.25) is 0 Å². The lowest BCUT2D eigenvalue weighted by Crippen LogP contribution is -2.20. The minimum absolute atomic E-state index is 0.682. The molecule has 0 aliphatic rings. The Morgan fingerprint density at radius 1 is 0.458 bits per heavy atom. The number of rotatable bonds is 19. The molecule has 0 atom stereocenters. The molecular weight excluding hydrogens is 290 g/mol. The molecule has 0 rings (SSSR count). The Morgan fingerprint density at radius 3 is 1.12 bits per heavy atom. The number of hydrogen-bond acceptors (Lipinski definition) is 1. The first kappa shape index (κ1) is 24.0. The van der Waals surface area contributed by atoms with Crippen molar-refractivity contribution in [1.29, 1.82) is 0 Å². The second-order valence-corrected chi connectivity index (χ2v) is 8.18. The molecule has 1 nitrogen and oxygen atoms in total. The molecule has 0 saturated carbocycles. The highest BCUT2D eigenvalue weighted by atomic mass is 14.5. The Morgan fingerprint density at radius 2 is 0.792 bits per heavy atom. The first-order chi connectivity index (χ1) is 11.7. The summed E-state index contributed by atoms with van der Waals surface area (Å²) in [7, 11) is 0. The van der Waals surface area contributed by atoms with Crippen molar-refractivity contribution in [2.75, 3.05) is 6.54 Å². The molecule has 0 aromatic heterocycles. The van der Waals surface area contributed by atoms with E-state index in [0.29, 0.717) is 5.41 Å². The lowest BCUT2D eigenvalue weighted by Gasteiger charge is -2.34. The fourth-order valence-electron chi connectivity index (χ4n) is 4.58. The smallest absolute Gasteiger partial charge is 0.00773 e. The molecule has 146 valence electrons. The molecule has 0 aromatic carbocycles. The average Bonchev–Trinajstić information content (AvgIpc) is 2.56.